The lowest BCUT2D eigenvalue weighted by Crippen LogP contribution is -2.22. The number of rotatable bonds is 6. The van der Waals surface area contributed by atoms with Crippen LogP contribution in [0.1, 0.15) is 29.4 Å². The maximum Gasteiger partial charge on any atom is 0.237 e. The van der Waals surface area contributed by atoms with Crippen LogP contribution in [0.15, 0.2) is 53.7 Å². The summed E-state index contributed by atoms with van der Waals surface area (Å²) in [6, 6.07) is 16.9. The summed E-state index contributed by atoms with van der Waals surface area (Å²) in [6.45, 7) is 3.83. The topological polar surface area (TPSA) is 94.5 Å². The van der Waals surface area contributed by atoms with Gasteiger partial charge in [0.05, 0.1) is 16.9 Å². The summed E-state index contributed by atoms with van der Waals surface area (Å²) in [5.74, 6) is 0.446. The summed E-state index contributed by atoms with van der Waals surface area (Å²) in [7, 11) is 0. The van der Waals surface area contributed by atoms with Gasteiger partial charge >= 0.3 is 0 Å². The van der Waals surface area contributed by atoms with Crippen molar-refractivity contribution < 1.29 is 4.79 Å². The van der Waals surface area contributed by atoms with Gasteiger partial charge in [0.1, 0.15) is 5.82 Å². The molecule has 0 saturated carbocycles. The lowest BCUT2D eigenvalue weighted by atomic mass is 10.1. The third-order valence-electron chi connectivity index (χ3n) is 4.00. The Labute approximate surface area is 167 Å². The van der Waals surface area contributed by atoms with E-state index in [-0.39, 0.29) is 5.91 Å². The minimum Gasteiger partial charge on any atom is -0.325 e. The van der Waals surface area contributed by atoms with Crippen molar-refractivity contribution in [3.05, 3.63) is 71.0 Å². The van der Waals surface area contributed by atoms with Crippen LogP contribution >= 0.6 is 11.8 Å². The van der Waals surface area contributed by atoms with Crippen molar-refractivity contribution in [3.63, 3.8) is 0 Å². The summed E-state index contributed by atoms with van der Waals surface area (Å²) in [5.41, 5.74) is 3.38. The van der Waals surface area contributed by atoms with Gasteiger partial charge < -0.3 is 5.32 Å². The number of H-pyrrole nitrogens is 1. The lowest BCUT2D eigenvalue weighted by Gasteiger charge is -2.10. The molecule has 3 rings (SSSR count). The predicted molar refractivity (Wildman–Crippen MR) is 112 cm³/mol. The van der Waals surface area contributed by atoms with Gasteiger partial charge in [-0.15, -0.1) is 5.10 Å². The first kappa shape index (κ1) is 19.4. The highest BCUT2D eigenvalue weighted by atomic mass is 32.2. The Balaban J connectivity index is 1.60. The minimum atomic E-state index is -0.394. The Hall–Kier alpha value is -3.37. The largest absolute Gasteiger partial charge is 0.325 e. The number of nitriles is 1. The van der Waals surface area contributed by atoms with Crippen LogP contribution in [0, 0.1) is 18.3 Å². The van der Waals surface area contributed by atoms with Gasteiger partial charge in [0, 0.05) is 5.69 Å². The minimum absolute atomic E-state index is 0.179. The molecule has 7 heteroatoms. The van der Waals surface area contributed by atoms with Gasteiger partial charge in [-0.2, -0.15) is 5.26 Å². The van der Waals surface area contributed by atoms with Crippen molar-refractivity contribution in [2.75, 3.05) is 5.32 Å². The number of carbonyl (C=O) groups is 1. The SMILES string of the molecule is Cc1ccccc1C=Cc1nc(SC(C)C(=O)Nc2cccc(C#N)c2)n[nH]1. The zero-order valence-electron chi connectivity index (χ0n) is 15.5. The second-order valence-corrected chi connectivity index (χ2v) is 7.44. The Morgan fingerprint density at radius 3 is 2.86 bits per heavy atom. The van der Waals surface area contributed by atoms with E-state index in [0.717, 1.165) is 5.56 Å². The fourth-order valence-electron chi connectivity index (χ4n) is 2.45. The molecule has 0 aliphatic carbocycles. The molecule has 0 saturated heterocycles. The van der Waals surface area contributed by atoms with Crippen molar-refractivity contribution in [1.82, 2.24) is 15.2 Å². The molecule has 28 heavy (non-hydrogen) atoms. The number of nitrogens with one attached hydrogen (secondary N) is 2. The maximum absolute atomic E-state index is 12.4. The fraction of sp³-hybridized carbons (Fsp3) is 0.143. The average molecular weight is 389 g/mol. The highest BCUT2D eigenvalue weighted by Gasteiger charge is 2.17. The number of aromatic amines is 1. The third-order valence-corrected chi connectivity index (χ3v) is 4.96. The van der Waals surface area contributed by atoms with E-state index in [2.05, 4.69) is 26.6 Å². The lowest BCUT2D eigenvalue weighted by molar-refractivity contribution is -0.115. The van der Waals surface area contributed by atoms with Gasteiger partial charge in [-0.3, -0.25) is 9.89 Å². The van der Waals surface area contributed by atoms with E-state index >= 15 is 0 Å². The Kier molecular flexibility index (Phi) is 6.25. The molecule has 1 atom stereocenters. The zero-order chi connectivity index (χ0) is 19.9. The first-order valence-corrected chi connectivity index (χ1v) is 9.57. The van der Waals surface area contributed by atoms with Gasteiger partial charge in [0.25, 0.3) is 0 Å². The number of carbonyl (C=O) groups excluding carboxylic acids is 1. The van der Waals surface area contributed by atoms with Crippen LogP contribution < -0.4 is 5.32 Å². The molecule has 0 aliphatic heterocycles. The second-order valence-electron chi connectivity index (χ2n) is 6.14. The summed E-state index contributed by atoms with van der Waals surface area (Å²) in [4.78, 5) is 16.8. The molecule has 0 aliphatic rings. The van der Waals surface area contributed by atoms with Crippen molar-refractivity contribution in [3.8, 4) is 6.07 Å². The number of thioether (sulfide) groups is 1. The highest BCUT2D eigenvalue weighted by molar-refractivity contribution is 8.00. The van der Waals surface area contributed by atoms with Gasteiger partial charge in [0.2, 0.25) is 11.1 Å². The first-order valence-electron chi connectivity index (χ1n) is 8.69. The smallest absolute Gasteiger partial charge is 0.237 e. The molecule has 6 nitrogen and oxygen atoms in total. The van der Waals surface area contributed by atoms with Crippen molar-refractivity contribution in [2.45, 2.75) is 24.3 Å². The molecule has 1 aromatic heterocycles. The molecule has 1 unspecified atom stereocenters. The van der Waals surface area contributed by atoms with Gasteiger partial charge in [-0.25, -0.2) is 4.98 Å². The predicted octanol–water partition coefficient (Wildman–Crippen LogP) is 4.27. The fourth-order valence-corrected chi connectivity index (χ4v) is 3.18. The summed E-state index contributed by atoms with van der Waals surface area (Å²) in [5, 5.41) is 18.9. The molecule has 2 aromatic carbocycles. The van der Waals surface area contributed by atoms with E-state index in [1.807, 2.05) is 43.3 Å². The highest BCUT2D eigenvalue weighted by Crippen LogP contribution is 2.21. The molecule has 1 amide bonds. The van der Waals surface area contributed by atoms with Gasteiger partial charge in [-0.05, 0) is 49.2 Å². The van der Waals surface area contributed by atoms with Crippen molar-refractivity contribution in [2.24, 2.45) is 0 Å². The van der Waals surface area contributed by atoms with E-state index in [4.69, 9.17) is 5.26 Å². The number of anilines is 1. The molecular weight excluding hydrogens is 370 g/mol. The number of aromatic nitrogens is 3. The molecular formula is C21H19N5OS. The van der Waals surface area contributed by atoms with E-state index in [9.17, 15) is 4.79 Å². The molecule has 2 N–H and O–H groups in total. The third kappa shape index (κ3) is 5.09. The molecule has 0 spiro atoms. The Morgan fingerprint density at radius 1 is 1.25 bits per heavy atom. The molecule has 140 valence electrons. The number of amides is 1. The monoisotopic (exact) mass is 389 g/mol. The summed E-state index contributed by atoms with van der Waals surface area (Å²) >= 11 is 1.26. The second kappa shape index (κ2) is 9.02. The van der Waals surface area contributed by atoms with Crippen LogP contribution in [0.3, 0.4) is 0 Å². The van der Waals surface area contributed by atoms with Crippen LogP contribution in [0.4, 0.5) is 5.69 Å². The number of hydrogen-bond donors (Lipinski definition) is 2. The number of nitrogens with zero attached hydrogens (tertiary/aromatic N) is 3. The van der Waals surface area contributed by atoms with Crippen LogP contribution in [0.5, 0.6) is 0 Å². The zero-order valence-corrected chi connectivity index (χ0v) is 16.3. The maximum atomic E-state index is 12.4. The van der Waals surface area contributed by atoms with Crippen molar-refractivity contribution >= 4 is 35.5 Å². The Morgan fingerprint density at radius 2 is 2.07 bits per heavy atom. The molecule has 0 fully saturated rings. The van der Waals surface area contributed by atoms with Crippen LogP contribution in [-0.4, -0.2) is 26.3 Å². The van der Waals surface area contributed by atoms with Crippen LogP contribution in [0.25, 0.3) is 12.2 Å². The summed E-state index contributed by atoms with van der Waals surface area (Å²) in [6.07, 6.45) is 3.83. The van der Waals surface area contributed by atoms with Crippen LogP contribution in [0.2, 0.25) is 0 Å². The Bertz CT molecular complexity index is 1050. The standard InChI is InChI=1S/C21H19N5OS/c1-14-6-3-4-8-17(14)10-11-19-24-21(26-25-19)28-15(2)20(27)23-18-9-5-7-16(12-18)13-22/h3-12,15H,1-2H3,(H,23,27)(H,24,25,26). The average Bonchev–Trinajstić information content (AvgIpc) is 3.14. The summed E-state index contributed by atoms with van der Waals surface area (Å²) < 4.78 is 0. The molecule has 0 radical (unpaired) electrons. The van der Waals surface area contributed by atoms with Gasteiger partial charge in [0.15, 0.2) is 0 Å². The van der Waals surface area contributed by atoms with Crippen molar-refractivity contribution in [1.29, 1.82) is 5.26 Å². The van der Waals surface area contributed by atoms with Gasteiger partial charge in [-0.1, -0.05) is 48.2 Å². The number of aryl methyl sites for hydroxylation is 1. The molecule has 3 aromatic rings. The van der Waals surface area contributed by atoms with E-state index in [1.54, 1.807) is 31.2 Å². The molecule has 1 heterocycles. The normalized spacial score (nSPS) is 11.9. The quantitative estimate of drug-likeness (QED) is 0.614. The number of benzene rings is 2. The number of hydrogen-bond acceptors (Lipinski definition) is 5. The van der Waals surface area contributed by atoms with E-state index < -0.39 is 5.25 Å². The van der Waals surface area contributed by atoms with Crippen LogP contribution in [-0.2, 0) is 4.79 Å². The van der Waals surface area contributed by atoms with E-state index in [1.165, 1.54) is 17.3 Å². The molecule has 0 bridgehead atoms. The van der Waals surface area contributed by atoms with E-state index in [0.29, 0.717) is 22.2 Å². The first-order chi connectivity index (χ1) is 13.5.